The van der Waals surface area contributed by atoms with Crippen molar-refractivity contribution in [1.29, 1.82) is 0 Å². The van der Waals surface area contributed by atoms with E-state index in [1.165, 1.54) is 0 Å². The molecule has 1 saturated carbocycles. The fourth-order valence-corrected chi connectivity index (χ4v) is 1.79. The van der Waals surface area contributed by atoms with Gasteiger partial charge in [-0.25, -0.2) is 0 Å². The molecule has 1 rings (SSSR count). The molecule has 1 fully saturated rings. The smallest absolute Gasteiger partial charge is 0.369 e. The van der Waals surface area contributed by atoms with Crippen LogP contribution in [-0.2, 0) is 4.74 Å². The second-order valence-electron chi connectivity index (χ2n) is 3.68. The molecule has 0 aromatic carbocycles. The molecule has 0 amide bonds. The Kier molecular flexibility index (Phi) is 3.59. The maximum absolute atomic E-state index is 11.8. The average Bonchev–Trinajstić information content (AvgIpc) is 2.50. The summed E-state index contributed by atoms with van der Waals surface area (Å²) in [6, 6.07) is 0. The zero-order chi connectivity index (χ0) is 9.90. The van der Waals surface area contributed by atoms with Gasteiger partial charge in [0.15, 0.2) is 0 Å². The molecule has 0 spiro atoms. The summed E-state index contributed by atoms with van der Waals surface area (Å²) in [5, 5.41) is 0. The molecular formula is C9H15F3O. The highest BCUT2D eigenvalue weighted by molar-refractivity contribution is 4.73. The average molecular weight is 196 g/mol. The van der Waals surface area contributed by atoms with Crippen LogP contribution in [-0.4, -0.2) is 18.9 Å². The first-order chi connectivity index (χ1) is 5.99. The third kappa shape index (κ3) is 3.98. The second kappa shape index (κ2) is 4.31. The van der Waals surface area contributed by atoms with Gasteiger partial charge in [-0.15, -0.1) is 0 Å². The number of hydrogen-bond donors (Lipinski definition) is 0. The van der Waals surface area contributed by atoms with Crippen LogP contribution >= 0.6 is 0 Å². The van der Waals surface area contributed by atoms with Gasteiger partial charge in [0.1, 0.15) is 6.61 Å². The minimum Gasteiger partial charge on any atom is -0.369 e. The predicted molar refractivity (Wildman–Crippen MR) is 43.4 cm³/mol. The first-order valence-corrected chi connectivity index (χ1v) is 4.67. The van der Waals surface area contributed by atoms with Gasteiger partial charge in [0, 0.05) is 0 Å². The Morgan fingerprint density at radius 1 is 1.31 bits per heavy atom. The van der Waals surface area contributed by atoms with Crippen molar-refractivity contribution in [3.05, 3.63) is 0 Å². The highest BCUT2D eigenvalue weighted by Gasteiger charge is 2.30. The zero-order valence-electron chi connectivity index (χ0n) is 7.73. The van der Waals surface area contributed by atoms with Gasteiger partial charge in [0.25, 0.3) is 0 Å². The predicted octanol–water partition coefficient (Wildman–Crippen LogP) is 3.14. The quantitative estimate of drug-likeness (QED) is 0.673. The topological polar surface area (TPSA) is 9.23 Å². The van der Waals surface area contributed by atoms with Crippen LogP contribution in [0, 0.1) is 5.92 Å². The molecule has 1 atom stereocenters. The highest BCUT2D eigenvalue weighted by atomic mass is 19.4. The van der Waals surface area contributed by atoms with Crippen LogP contribution in [0.4, 0.5) is 13.2 Å². The van der Waals surface area contributed by atoms with Crippen LogP contribution in [0.15, 0.2) is 0 Å². The number of ether oxygens (including phenoxy) is 1. The zero-order valence-corrected chi connectivity index (χ0v) is 7.73. The van der Waals surface area contributed by atoms with Gasteiger partial charge < -0.3 is 4.74 Å². The molecule has 13 heavy (non-hydrogen) atoms. The van der Waals surface area contributed by atoms with E-state index in [1.54, 1.807) is 6.92 Å². The molecule has 1 unspecified atom stereocenters. The van der Waals surface area contributed by atoms with E-state index >= 15 is 0 Å². The van der Waals surface area contributed by atoms with Gasteiger partial charge >= 0.3 is 6.18 Å². The van der Waals surface area contributed by atoms with Gasteiger partial charge in [-0.2, -0.15) is 13.2 Å². The maximum atomic E-state index is 11.8. The lowest BCUT2D eigenvalue weighted by atomic mass is 10.0. The third-order valence-corrected chi connectivity index (χ3v) is 2.57. The minimum absolute atomic E-state index is 0.246. The van der Waals surface area contributed by atoms with Crippen LogP contribution in [0.5, 0.6) is 0 Å². The van der Waals surface area contributed by atoms with Crippen molar-refractivity contribution >= 4 is 0 Å². The van der Waals surface area contributed by atoms with E-state index in [9.17, 15) is 13.2 Å². The standard InChI is InChI=1S/C9H15F3O/c1-7(8-4-2-3-5-8)13-6-9(10,11)12/h7-8H,2-6H2,1H3. The lowest BCUT2D eigenvalue weighted by molar-refractivity contribution is -0.188. The Morgan fingerprint density at radius 2 is 1.85 bits per heavy atom. The lowest BCUT2D eigenvalue weighted by Gasteiger charge is -2.20. The highest BCUT2D eigenvalue weighted by Crippen LogP contribution is 2.29. The van der Waals surface area contributed by atoms with Gasteiger partial charge in [-0.3, -0.25) is 0 Å². The summed E-state index contributed by atoms with van der Waals surface area (Å²) < 4.78 is 40.1. The Bertz CT molecular complexity index is 149. The molecule has 0 aliphatic heterocycles. The number of halogens is 3. The minimum atomic E-state index is -4.19. The molecule has 0 saturated heterocycles. The molecule has 0 radical (unpaired) electrons. The fraction of sp³-hybridized carbons (Fsp3) is 1.00. The fourth-order valence-electron chi connectivity index (χ4n) is 1.79. The maximum Gasteiger partial charge on any atom is 0.411 e. The Morgan fingerprint density at radius 3 is 2.31 bits per heavy atom. The van der Waals surface area contributed by atoms with Crippen LogP contribution in [0.25, 0.3) is 0 Å². The van der Waals surface area contributed by atoms with E-state index in [0.717, 1.165) is 25.7 Å². The van der Waals surface area contributed by atoms with Crippen LogP contribution in [0.2, 0.25) is 0 Å². The molecule has 1 aliphatic rings. The Hall–Kier alpha value is -0.250. The van der Waals surface area contributed by atoms with E-state index in [1.807, 2.05) is 0 Å². The van der Waals surface area contributed by atoms with Crippen molar-refractivity contribution in [2.45, 2.75) is 44.9 Å². The molecule has 0 aromatic rings. The SMILES string of the molecule is CC(OCC(F)(F)F)C1CCCC1. The monoisotopic (exact) mass is 196 g/mol. The van der Waals surface area contributed by atoms with Gasteiger partial charge in [-0.05, 0) is 25.7 Å². The normalized spacial score (nSPS) is 22.2. The number of hydrogen-bond acceptors (Lipinski definition) is 1. The van der Waals surface area contributed by atoms with Crippen molar-refractivity contribution in [3.63, 3.8) is 0 Å². The molecule has 0 heterocycles. The Balaban J connectivity index is 2.20. The number of rotatable bonds is 3. The first kappa shape index (κ1) is 10.8. The molecule has 0 aromatic heterocycles. The van der Waals surface area contributed by atoms with Gasteiger partial charge in [-0.1, -0.05) is 12.8 Å². The van der Waals surface area contributed by atoms with Crippen molar-refractivity contribution in [3.8, 4) is 0 Å². The molecule has 4 heteroatoms. The van der Waals surface area contributed by atoms with Crippen LogP contribution in [0.3, 0.4) is 0 Å². The molecule has 78 valence electrons. The van der Waals surface area contributed by atoms with Crippen molar-refractivity contribution in [1.82, 2.24) is 0 Å². The lowest BCUT2D eigenvalue weighted by Crippen LogP contribution is -2.25. The second-order valence-corrected chi connectivity index (χ2v) is 3.68. The van der Waals surface area contributed by atoms with E-state index in [2.05, 4.69) is 0 Å². The van der Waals surface area contributed by atoms with E-state index < -0.39 is 12.8 Å². The van der Waals surface area contributed by atoms with Crippen molar-refractivity contribution in [2.24, 2.45) is 5.92 Å². The van der Waals surface area contributed by atoms with Crippen molar-refractivity contribution in [2.75, 3.05) is 6.61 Å². The summed E-state index contributed by atoms with van der Waals surface area (Å²) in [6.07, 6.45) is -0.149. The first-order valence-electron chi connectivity index (χ1n) is 4.67. The summed E-state index contributed by atoms with van der Waals surface area (Å²) in [6.45, 7) is 0.631. The van der Waals surface area contributed by atoms with Gasteiger partial charge in [0.05, 0.1) is 6.10 Å². The van der Waals surface area contributed by atoms with Crippen LogP contribution < -0.4 is 0 Å². The molecule has 0 bridgehead atoms. The number of alkyl halides is 3. The van der Waals surface area contributed by atoms with Crippen molar-refractivity contribution < 1.29 is 17.9 Å². The summed E-state index contributed by atoms with van der Waals surface area (Å²) in [5.41, 5.74) is 0. The molecule has 1 aliphatic carbocycles. The Labute approximate surface area is 76.3 Å². The largest absolute Gasteiger partial charge is 0.411 e. The molecular weight excluding hydrogens is 181 g/mol. The molecule has 0 N–H and O–H groups in total. The summed E-state index contributed by atoms with van der Waals surface area (Å²) in [7, 11) is 0. The third-order valence-electron chi connectivity index (χ3n) is 2.57. The van der Waals surface area contributed by atoms with E-state index in [-0.39, 0.29) is 6.10 Å². The van der Waals surface area contributed by atoms with E-state index in [0.29, 0.717) is 5.92 Å². The summed E-state index contributed by atoms with van der Waals surface area (Å²) in [4.78, 5) is 0. The summed E-state index contributed by atoms with van der Waals surface area (Å²) >= 11 is 0. The molecule has 1 nitrogen and oxygen atoms in total. The summed E-state index contributed by atoms with van der Waals surface area (Å²) in [5.74, 6) is 0.336. The van der Waals surface area contributed by atoms with Gasteiger partial charge in [0.2, 0.25) is 0 Å². The van der Waals surface area contributed by atoms with Crippen LogP contribution in [0.1, 0.15) is 32.6 Å². The van der Waals surface area contributed by atoms with E-state index in [4.69, 9.17) is 4.74 Å².